The summed E-state index contributed by atoms with van der Waals surface area (Å²) >= 11 is -1.27. The van der Waals surface area contributed by atoms with E-state index < -0.39 is 57.0 Å². The topological polar surface area (TPSA) is 115 Å². The van der Waals surface area contributed by atoms with E-state index in [4.69, 9.17) is 18.9 Å². The molecule has 1 N–H and O–H groups in total. The molecule has 0 spiro atoms. The maximum atomic E-state index is 13.3. The zero-order chi connectivity index (χ0) is 30.3. The summed E-state index contributed by atoms with van der Waals surface area (Å²) in [6, 6.07) is -1.32. The number of rotatable bonds is 8. The fraction of sp³-hybridized carbons (Fsp3) is 0.897. The molecule has 1 saturated carbocycles. The number of methoxy groups -OCH3 is 1. The van der Waals surface area contributed by atoms with Gasteiger partial charge in [-0.3, -0.25) is 0 Å². The van der Waals surface area contributed by atoms with Crippen LogP contribution in [0.5, 0.6) is 0 Å². The Balaban J connectivity index is 2.23. The van der Waals surface area contributed by atoms with E-state index in [2.05, 4.69) is 13.8 Å². The van der Waals surface area contributed by atoms with E-state index in [9.17, 15) is 17.8 Å². The van der Waals surface area contributed by atoms with E-state index in [0.717, 1.165) is 17.9 Å². The SMILES string of the molecule is COC(=O)C(CN1CC[C@H](OCC2CCCCC[C@@H]2C)[C@H](C)C1[I-]O)N(C(=O)OC(C)(C)C)C(=O)OC(C)(C)C. The van der Waals surface area contributed by atoms with Crippen LogP contribution < -0.4 is 21.6 Å². The monoisotopic (exact) mass is 683 g/mol. The molecule has 2 amide bonds. The molecule has 0 radical (unpaired) electrons. The number of carbonyl (C=O) groups excluding carboxylic acids is 3. The number of hydrogen-bond acceptors (Lipinski definition) is 9. The Bertz CT molecular complexity index is 815. The van der Waals surface area contributed by atoms with Crippen molar-refractivity contribution in [2.24, 2.45) is 17.8 Å². The molecule has 40 heavy (non-hydrogen) atoms. The number of alkyl halides is 1. The third-order valence-corrected chi connectivity index (χ3v) is 10.1. The van der Waals surface area contributed by atoms with Gasteiger partial charge in [-0.15, -0.1) is 0 Å². The predicted molar refractivity (Wildman–Crippen MR) is 147 cm³/mol. The van der Waals surface area contributed by atoms with Gasteiger partial charge >= 0.3 is 252 Å². The van der Waals surface area contributed by atoms with Gasteiger partial charge in [-0.2, -0.15) is 0 Å². The van der Waals surface area contributed by atoms with E-state index >= 15 is 0 Å². The molecule has 0 bridgehead atoms. The van der Waals surface area contributed by atoms with E-state index in [1.54, 1.807) is 41.5 Å². The molecule has 1 saturated heterocycles. The average molecular weight is 684 g/mol. The third kappa shape index (κ3) is 10.6. The first-order valence-corrected chi connectivity index (χ1v) is 16.7. The molecule has 2 aliphatic rings. The van der Waals surface area contributed by atoms with Crippen molar-refractivity contribution >= 4 is 18.2 Å². The van der Waals surface area contributed by atoms with Gasteiger partial charge in [0, 0.05) is 0 Å². The Labute approximate surface area is 251 Å². The molecule has 1 aliphatic carbocycles. The zero-order valence-electron chi connectivity index (χ0n) is 25.9. The van der Waals surface area contributed by atoms with Crippen molar-refractivity contribution < 1.29 is 58.4 Å². The number of halogens is 1. The Morgan fingerprint density at radius 3 is 2.05 bits per heavy atom. The molecule has 0 aromatic heterocycles. The van der Waals surface area contributed by atoms with Crippen molar-refractivity contribution in [3.8, 4) is 0 Å². The van der Waals surface area contributed by atoms with Gasteiger partial charge in [-0.25, -0.2) is 0 Å². The third-order valence-electron chi connectivity index (χ3n) is 7.61. The van der Waals surface area contributed by atoms with Gasteiger partial charge in [0.05, 0.1) is 0 Å². The molecule has 1 aliphatic heterocycles. The Hall–Kier alpha value is -1.18. The maximum absolute atomic E-state index is 13.3. The summed E-state index contributed by atoms with van der Waals surface area (Å²) in [5.74, 6) is 0.448. The summed E-state index contributed by atoms with van der Waals surface area (Å²) in [4.78, 5) is 42.3. The number of carbonyl (C=O) groups is 3. The number of hydrogen-bond donors (Lipinski definition) is 1. The van der Waals surface area contributed by atoms with Crippen molar-refractivity contribution in [1.29, 1.82) is 0 Å². The number of ether oxygens (including phenoxy) is 4. The molecular weight excluding hydrogens is 631 g/mol. The molecule has 1 heterocycles. The number of nitrogens with zero attached hydrogens (tertiary/aromatic N) is 2. The van der Waals surface area contributed by atoms with Crippen LogP contribution in [0.4, 0.5) is 9.59 Å². The van der Waals surface area contributed by atoms with E-state index in [-0.39, 0.29) is 22.6 Å². The summed E-state index contributed by atoms with van der Waals surface area (Å²) in [7, 11) is 1.21. The Morgan fingerprint density at radius 1 is 0.950 bits per heavy atom. The van der Waals surface area contributed by atoms with Crippen LogP contribution in [0.3, 0.4) is 0 Å². The number of piperidine rings is 1. The quantitative estimate of drug-likeness (QED) is 0.103. The second-order valence-electron chi connectivity index (χ2n) is 13.2. The van der Waals surface area contributed by atoms with Gasteiger partial charge in [0.15, 0.2) is 0 Å². The summed E-state index contributed by atoms with van der Waals surface area (Å²) in [6.45, 7) is 15.7. The van der Waals surface area contributed by atoms with Crippen LogP contribution in [0, 0.1) is 17.8 Å². The van der Waals surface area contributed by atoms with Crippen molar-refractivity contribution in [2.75, 3.05) is 26.8 Å². The zero-order valence-corrected chi connectivity index (χ0v) is 28.1. The molecule has 11 heteroatoms. The fourth-order valence-corrected chi connectivity index (χ4v) is 7.23. The van der Waals surface area contributed by atoms with Gasteiger partial charge in [-0.05, 0) is 0 Å². The van der Waals surface area contributed by atoms with Crippen LogP contribution in [-0.2, 0) is 23.7 Å². The van der Waals surface area contributed by atoms with Crippen molar-refractivity contribution in [2.45, 2.75) is 121 Å². The van der Waals surface area contributed by atoms with Crippen molar-refractivity contribution in [3.63, 3.8) is 0 Å². The first kappa shape index (κ1) is 35.0. The van der Waals surface area contributed by atoms with E-state index in [1.165, 1.54) is 39.2 Å². The minimum atomic E-state index is -1.32. The van der Waals surface area contributed by atoms with E-state index in [0.29, 0.717) is 18.4 Å². The second kappa shape index (κ2) is 15.3. The van der Waals surface area contributed by atoms with Gasteiger partial charge in [0.25, 0.3) is 0 Å². The number of esters is 1. The first-order chi connectivity index (χ1) is 18.6. The van der Waals surface area contributed by atoms with Crippen LogP contribution in [0.15, 0.2) is 0 Å². The average Bonchev–Trinajstić information content (AvgIpc) is 3.04. The summed E-state index contributed by atoms with van der Waals surface area (Å²) in [5, 5.41) is 0. The predicted octanol–water partition coefficient (Wildman–Crippen LogP) is 1.97. The molecule has 234 valence electrons. The van der Waals surface area contributed by atoms with Gasteiger partial charge in [0.2, 0.25) is 0 Å². The van der Waals surface area contributed by atoms with Crippen molar-refractivity contribution in [1.82, 2.24) is 9.80 Å². The molecule has 3 unspecified atom stereocenters. The van der Waals surface area contributed by atoms with Gasteiger partial charge in [-0.1, -0.05) is 0 Å². The van der Waals surface area contributed by atoms with Crippen LogP contribution in [0.2, 0.25) is 0 Å². The molecule has 10 nitrogen and oxygen atoms in total. The van der Waals surface area contributed by atoms with E-state index in [1.807, 2.05) is 4.90 Å². The fourth-order valence-electron chi connectivity index (χ4n) is 5.40. The minimum absolute atomic E-state index is 0.00653. The first-order valence-electron chi connectivity index (χ1n) is 14.5. The Morgan fingerprint density at radius 2 is 1.52 bits per heavy atom. The second-order valence-corrected chi connectivity index (χ2v) is 15.1. The molecule has 2 rings (SSSR count). The summed E-state index contributed by atoms with van der Waals surface area (Å²) in [6.07, 6.45) is 4.99. The van der Waals surface area contributed by atoms with Gasteiger partial charge < -0.3 is 0 Å². The summed E-state index contributed by atoms with van der Waals surface area (Å²) in [5.41, 5.74) is -1.81. The number of imide groups is 1. The normalized spacial score (nSPS) is 27.4. The standard InChI is InChI=1S/C29H52IN2O8/c1-19-13-11-10-12-14-21(19)18-38-23-15-16-31(24(30-36)20(23)2)17-22(25(33)37-9)32(26(34)39-28(3,4)5)27(35)40-29(6,7)8/h19-24,36H,10-18H2,1-9H3/q-1/t19-,20-,21?,22?,23-,24?/m0/s1. The number of likely N-dealkylation sites (tertiary alicyclic amines) is 1. The van der Waals surface area contributed by atoms with Crippen LogP contribution in [-0.4, -0.2) is 85.6 Å². The number of amides is 2. The molecule has 2 fully saturated rings. The van der Waals surface area contributed by atoms with Crippen LogP contribution >= 0.6 is 0 Å². The van der Waals surface area contributed by atoms with Gasteiger partial charge in [0.1, 0.15) is 0 Å². The molecule has 6 atom stereocenters. The van der Waals surface area contributed by atoms with Crippen LogP contribution in [0.1, 0.15) is 93.9 Å². The Kier molecular flexibility index (Phi) is 13.4. The summed E-state index contributed by atoms with van der Waals surface area (Å²) < 4.78 is 32.8. The van der Waals surface area contributed by atoms with Crippen molar-refractivity contribution in [3.05, 3.63) is 0 Å². The molecule has 0 aromatic rings. The molecule has 0 aromatic carbocycles. The van der Waals surface area contributed by atoms with Crippen LogP contribution in [0.25, 0.3) is 0 Å². The molecular formula is C29H52IN2O8-.